The van der Waals surface area contributed by atoms with E-state index in [0.717, 1.165) is 5.92 Å². The average molecular weight is 341 g/mol. The first-order valence-corrected chi connectivity index (χ1v) is 9.81. The second-order valence-corrected chi connectivity index (χ2v) is 7.38. The fraction of sp³-hybridized carbons (Fsp3) is 0.280. The van der Waals surface area contributed by atoms with Crippen LogP contribution in [0.3, 0.4) is 0 Å². The molecule has 0 spiro atoms. The Morgan fingerprint density at radius 1 is 0.577 bits per heavy atom. The number of rotatable bonds is 5. The normalized spacial score (nSPS) is 20.2. The molecule has 0 radical (unpaired) electrons. The molecule has 1 nitrogen and oxygen atoms in total. The number of hydrogen-bond donors (Lipinski definition) is 1. The van der Waals surface area contributed by atoms with E-state index in [1.807, 2.05) is 0 Å². The summed E-state index contributed by atoms with van der Waals surface area (Å²) < 4.78 is 0. The third-order valence-corrected chi connectivity index (χ3v) is 5.67. The van der Waals surface area contributed by atoms with Crippen LogP contribution >= 0.6 is 0 Å². The largest absolute Gasteiger partial charge is 0.303 e. The maximum Gasteiger partial charge on any atom is 0.0578 e. The molecule has 0 heterocycles. The minimum absolute atomic E-state index is 0.274. The Hall–Kier alpha value is -2.38. The van der Waals surface area contributed by atoms with E-state index in [2.05, 4.69) is 96.3 Å². The Bertz CT molecular complexity index is 735. The molecule has 0 aliphatic heterocycles. The van der Waals surface area contributed by atoms with Crippen LogP contribution < -0.4 is 5.32 Å². The van der Waals surface area contributed by atoms with E-state index < -0.39 is 0 Å². The number of hydrogen-bond acceptors (Lipinski definition) is 1. The van der Waals surface area contributed by atoms with Crippen LogP contribution in [-0.2, 0) is 0 Å². The smallest absolute Gasteiger partial charge is 0.0578 e. The zero-order chi connectivity index (χ0) is 17.6. The van der Waals surface area contributed by atoms with E-state index >= 15 is 0 Å². The van der Waals surface area contributed by atoms with Crippen molar-refractivity contribution in [2.24, 2.45) is 0 Å². The topological polar surface area (TPSA) is 12.0 Å². The van der Waals surface area contributed by atoms with Crippen molar-refractivity contribution < 1.29 is 0 Å². The molecule has 1 heteroatoms. The second kappa shape index (κ2) is 8.33. The van der Waals surface area contributed by atoms with E-state index in [1.165, 1.54) is 42.4 Å². The quantitative estimate of drug-likeness (QED) is 0.592. The third kappa shape index (κ3) is 4.05. The van der Waals surface area contributed by atoms with E-state index in [-0.39, 0.29) is 6.04 Å². The lowest BCUT2D eigenvalue weighted by Gasteiger charge is -2.33. The van der Waals surface area contributed by atoms with Crippen molar-refractivity contribution >= 4 is 0 Å². The lowest BCUT2D eigenvalue weighted by Crippen LogP contribution is -2.36. The molecule has 1 aliphatic carbocycles. The third-order valence-electron chi connectivity index (χ3n) is 5.67. The summed E-state index contributed by atoms with van der Waals surface area (Å²) in [6, 6.07) is 33.6. The highest BCUT2D eigenvalue weighted by Gasteiger charge is 2.25. The van der Waals surface area contributed by atoms with Crippen molar-refractivity contribution in [1.29, 1.82) is 0 Å². The first kappa shape index (κ1) is 17.1. The molecule has 0 unspecified atom stereocenters. The molecule has 0 atom stereocenters. The predicted molar refractivity (Wildman–Crippen MR) is 109 cm³/mol. The first-order valence-electron chi connectivity index (χ1n) is 9.81. The SMILES string of the molecule is c1ccc(C(N[C@H]2CC[C@@H](c3ccccc3)CC2)c2ccccc2)cc1. The van der Waals surface area contributed by atoms with Crippen LogP contribution in [0.25, 0.3) is 0 Å². The minimum atomic E-state index is 0.274. The molecule has 1 N–H and O–H groups in total. The molecular weight excluding hydrogens is 314 g/mol. The monoisotopic (exact) mass is 341 g/mol. The van der Waals surface area contributed by atoms with Gasteiger partial charge >= 0.3 is 0 Å². The van der Waals surface area contributed by atoms with E-state index in [1.54, 1.807) is 0 Å². The Balaban J connectivity index is 1.46. The van der Waals surface area contributed by atoms with Gasteiger partial charge in [-0.05, 0) is 48.3 Å². The Morgan fingerprint density at radius 2 is 1.04 bits per heavy atom. The summed E-state index contributed by atoms with van der Waals surface area (Å²) in [5, 5.41) is 3.96. The zero-order valence-electron chi connectivity index (χ0n) is 15.2. The van der Waals surface area contributed by atoms with Gasteiger partial charge in [-0.3, -0.25) is 0 Å². The lowest BCUT2D eigenvalue weighted by molar-refractivity contribution is 0.328. The highest BCUT2D eigenvalue weighted by Crippen LogP contribution is 2.34. The standard InChI is InChI=1S/C25H27N/c1-4-10-20(11-5-1)21-16-18-24(19-17-21)26-25(22-12-6-2-7-13-22)23-14-8-3-9-15-23/h1-15,21,24-26H,16-19H2/t21-,24+. The lowest BCUT2D eigenvalue weighted by atomic mass is 9.81. The zero-order valence-corrected chi connectivity index (χ0v) is 15.2. The van der Waals surface area contributed by atoms with Gasteiger partial charge < -0.3 is 5.32 Å². The summed E-state index contributed by atoms with van der Waals surface area (Å²) >= 11 is 0. The van der Waals surface area contributed by atoms with E-state index in [4.69, 9.17) is 0 Å². The molecule has 0 saturated heterocycles. The summed E-state index contributed by atoms with van der Waals surface area (Å²) in [6.07, 6.45) is 5.04. The van der Waals surface area contributed by atoms with Gasteiger partial charge in [-0.25, -0.2) is 0 Å². The van der Waals surface area contributed by atoms with Crippen LogP contribution in [0.4, 0.5) is 0 Å². The molecule has 0 aromatic heterocycles. The molecule has 3 aromatic carbocycles. The molecule has 132 valence electrons. The van der Waals surface area contributed by atoms with Crippen LogP contribution in [-0.4, -0.2) is 6.04 Å². The van der Waals surface area contributed by atoms with Crippen molar-refractivity contribution in [3.8, 4) is 0 Å². The van der Waals surface area contributed by atoms with Crippen LogP contribution in [0.1, 0.15) is 54.3 Å². The van der Waals surface area contributed by atoms with Crippen LogP contribution in [0.15, 0.2) is 91.0 Å². The van der Waals surface area contributed by atoms with Crippen molar-refractivity contribution in [3.63, 3.8) is 0 Å². The van der Waals surface area contributed by atoms with Gasteiger partial charge in [0.15, 0.2) is 0 Å². The first-order chi connectivity index (χ1) is 12.9. The van der Waals surface area contributed by atoms with Gasteiger partial charge in [0.2, 0.25) is 0 Å². The van der Waals surface area contributed by atoms with E-state index in [0.29, 0.717) is 6.04 Å². The summed E-state index contributed by atoms with van der Waals surface area (Å²) in [5.41, 5.74) is 4.21. The van der Waals surface area contributed by atoms with Gasteiger partial charge in [0.25, 0.3) is 0 Å². The maximum atomic E-state index is 3.96. The highest BCUT2D eigenvalue weighted by molar-refractivity contribution is 5.32. The fourth-order valence-corrected chi connectivity index (χ4v) is 4.23. The van der Waals surface area contributed by atoms with Gasteiger partial charge in [0.1, 0.15) is 0 Å². The minimum Gasteiger partial charge on any atom is -0.303 e. The fourth-order valence-electron chi connectivity index (χ4n) is 4.23. The molecule has 1 fully saturated rings. The van der Waals surface area contributed by atoms with Crippen LogP contribution in [0.5, 0.6) is 0 Å². The molecule has 1 aliphatic rings. The van der Waals surface area contributed by atoms with Gasteiger partial charge in [0, 0.05) is 6.04 Å². The van der Waals surface area contributed by atoms with Crippen LogP contribution in [0.2, 0.25) is 0 Å². The van der Waals surface area contributed by atoms with Crippen molar-refractivity contribution in [1.82, 2.24) is 5.32 Å². The Morgan fingerprint density at radius 3 is 1.54 bits per heavy atom. The molecule has 0 amide bonds. The van der Waals surface area contributed by atoms with Crippen molar-refractivity contribution in [3.05, 3.63) is 108 Å². The number of benzene rings is 3. The molecule has 0 bridgehead atoms. The van der Waals surface area contributed by atoms with Gasteiger partial charge in [-0.1, -0.05) is 91.0 Å². The molecule has 3 aromatic rings. The Kier molecular flexibility index (Phi) is 5.47. The number of nitrogens with one attached hydrogen (secondary N) is 1. The van der Waals surface area contributed by atoms with Crippen LogP contribution in [0, 0.1) is 0 Å². The molecule has 1 saturated carbocycles. The molecule has 26 heavy (non-hydrogen) atoms. The van der Waals surface area contributed by atoms with Crippen molar-refractivity contribution in [2.45, 2.75) is 43.7 Å². The van der Waals surface area contributed by atoms with Gasteiger partial charge in [-0.15, -0.1) is 0 Å². The summed E-state index contributed by atoms with van der Waals surface area (Å²) in [4.78, 5) is 0. The summed E-state index contributed by atoms with van der Waals surface area (Å²) in [6.45, 7) is 0. The Labute approximate surface area is 157 Å². The summed E-state index contributed by atoms with van der Waals surface area (Å²) in [7, 11) is 0. The second-order valence-electron chi connectivity index (χ2n) is 7.38. The van der Waals surface area contributed by atoms with Gasteiger partial charge in [-0.2, -0.15) is 0 Å². The predicted octanol–water partition coefficient (Wildman–Crippen LogP) is 6.09. The maximum absolute atomic E-state index is 3.96. The molecular formula is C25H27N. The van der Waals surface area contributed by atoms with Crippen molar-refractivity contribution in [2.75, 3.05) is 0 Å². The molecule has 4 rings (SSSR count). The highest BCUT2D eigenvalue weighted by atomic mass is 15.0. The van der Waals surface area contributed by atoms with Gasteiger partial charge in [0.05, 0.1) is 6.04 Å². The summed E-state index contributed by atoms with van der Waals surface area (Å²) in [5.74, 6) is 0.723. The average Bonchev–Trinajstić information content (AvgIpc) is 2.74. The van der Waals surface area contributed by atoms with E-state index in [9.17, 15) is 0 Å².